The van der Waals surface area contributed by atoms with E-state index in [9.17, 15) is 18.0 Å². The van der Waals surface area contributed by atoms with Gasteiger partial charge >= 0.3 is 6.18 Å². The van der Waals surface area contributed by atoms with E-state index in [-0.39, 0.29) is 12.1 Å². The molecule has 2 aromatic carbocycles. The molecule has 0 radical (unpaired) electrons. The van der Waals surface area contributed by atoms with Crippen LogP contribution in [0.4, 0.5) is 18.9 Å². The lowest BCUT2D eigenvalue weighted by atomic mass is 10.1. The summed E-state index contributed by atoms with van der Waals surface area (Å²) in [7, 11) is 1.59. The van der Waals surface area contributed by atoms with E-state index < -0.39 is 11.7 Å². The van der Waals surface area contributed by atoms with Crippen LogP contribution in [0, 0.1) is 0 Å². The van der Waals surface area contributed by atoms with Gasteiger partial charge in [0.25, 0.3) is 5.56 Å². The van der Waals surface area contributed by atoms with Gasteiger partial charge in [-0.3, -0.25) is 14.2 Å². The predicted molar refractivity (Wildman–Crippen MR) is 108 cm³/mol. The number of fused-ring (bicyclic) bond motifs is 1. The first kappa shape index (κ1) is 19.9. The Bertz CT molecular complexity index is 1080. The molecule has 0 unspecified atom stereocenters. The molecule has 0 aliphatic rings. The molecule has 0 fully saturated rings. The van der Waals surface area contributed by atoms with Gasteiger partial charge in [0.05, 0.1) is 23.0 Å². The van der Waals surface area contributed by atoms with Gasteiger partial charge in [-0.05, 0) is 55.0 Å². The van der Waals surface area contributed by atoms with Crippen LogP contribution < -0.4 is 16.2 Å². The molecule has 148 valence electrons. The van der Waals surface area contributed by atoms with Gasteiger partial charge in [0.15, 0.2) is 5.11 Å². The minimum atomic E-state index is -4.41. The Morgan fingerprint density at radius 3 is 2.61 bits per heavy atom. The van der Waals surface area contributed by atoms with Crippen LogP contribution in [-0.4, -0.2) is 21.0 Å². The Kier molecular flexibility index (Phi) is 5.46. The van der Waals surface area contributed by atoms with Crippen LogP contribution >= 0.6 is 12.2 Å². The summed E-state index contributed by atoms with van der Waals surface area (Å²) in [5.74, 6) is 0. The Morgan fingerprint density at radius 2 is 1.93 bits per heavy atom. The highest BCUT2D eigenvalue weighted by Crippen LogP contribution is 2.30. The lowest BCUT2D eigenvalue weighted by molar-refractivity contribution is -0.137. The highest BCUT2D eigenvalue weighted by atomic mass is 32.1. The van der Waals surface area contributed by atoms with Crippen LogP contribution in [0.15, 0.2) is 47.3 Å². The Balaban J connectivity index is 1.98. The highest BCUT2D eigenvalue weighted by molar-refractivity contribution is 7.80. The maximum absolute atomic E-state index is 13.0. The average molecular weight is 408 g/mol. The minimum absolute atomic E-state index is 0.141. The number of anilines is 1. The molecule has 0 saturated heterocycles. The number of hydrogen-bond acceptors (Lipinski definition) is 2. The molecule has 9 heteroatoms. The van der Waals surface area contributed by atoms with Crippen molar-refractivity contribution in [3.05, 3.63) is 63.9 Å². The van der Waals surface area contributed by atoms with Crippen molar-refractivity contribution in [2.75, 3.05) is 11.9 Å². The van der Waals surface area contributed by atoms with E-state index in [1.807, 2.05) is 6.92 Å². The van der Waals surface area contributed by atoms with Crippen molar-refractivity contribution in [3.8, 4) is 0 Å². The fourth-order valence-electron chi connectivity index (χ4n) is 3.00. The van der Waals surface area contributed by atoms with E-state index in [1.54, 1.807) is 36.0 Å². The first-order valence-electron chi connectivity index (χ1n) is 8.61. The molecule has 0 aliphatic carbocycles. The zero-order chi connectivity index (χ0) is 20.5. The van der Waals surface area contributed by atoms with Crippen LogP contribution in [0.2, 0.25) is 0 Å². The molecule has 3 rings (SSSR count). The topological polar surface area (TPSA) is 51.0 Å². The van der Waals surface area contributed by atoms with Crippen LogP contribution in [-0.2, 0) is 19.8 Å². The molecule has 5 nitrogen and oxygen atoms in total. The lowest BCUT2D eigenvalue weighted by Gasteiger charge is -2.12. The summed E-state index contributed by atoms with van der Waals surface area (Å²) in [4.78, 5) is 12.6. The predicted octanol–water partition coefficient (Wildman–Crippen LogP) is 3.71. The third kappa shape index (κ3) is 4.04. The molecular weight excluding hydrogens is 389 g/mol. The molecule has 1 aromatic heterocycles. The van der Waals surface area contributed by atoms with E-state index in [2.05, 4.69) is 10.6 Å². The zero-order valence-electron chi connectivity index (χ0n) is 15.3. The highest BCUT2D eigenvalue weighted by Gasteiger charge is 2.30. The van der Waals surface area contributed by atoms with Gasteiger partial charge in [0.2, 0.25) is 0 Å². The molecule has 3 aromatic rings. The Labute approximate surface area is 164 Å². The van der Waals surface area contributed by atoms with Crippen molar-refractivity contribution in [3.63, 3.8) is 0 Å². The second-order valence-electron chi connectivity index (χ2n) is 6.30. The first-order chi connectivity index (χ1) is 13.2. The summed E-state index contributed by atoms with van der Waals surface area (Å²) in [5.41, 5.74) is 0.796. The molecular formula is C19H19F3N4OS. The monoisotopic (exact) mass is 408 g/mol. The molecule has 0 atom stereocenters. The number of thiocarbonyl (C=S) groups is 1. The SMILES string of the molecule is CCNC(=S)Nc1ccc2c(c1)c(=O)n(C)n2Cc1cccc(C(F)(F)F)c1. The number of hydrogen-bond donors (Lipinski definition) is 2. The normalized spacial score (nSPS) is 11.6. The number of benzene rings is 2. The van der Waals surface area contributed by atoms with E-state index in [0.29, 0.717) is 33.8 Å². The van der Waals surface area contributed by atoms with Gasteiger partial charge in [0, 0.05) is 19.3 Å². The fraction of sp³-hybridized carbons (Fsp3) is 0.263. The smallest absolute Gasteiger partial charge is 0.363 e. The van der Waals surface area contributed by atoms with Crippen LogP contribution in [0.25, 0.3) is 10.9 Å². The summed E-state index contributed by atoms with van der Waals surface area (Å²) >= 11 is 5.15. The molecule has 0 saturated carbocycles. The van der Waals surface area contributed by atoms with Crippen molar-refractivity contribution in [2.45, 2.75) is 19.6 Å². The molecule has 0 bridgehead atoms. The van der Waals surface area contributed by atoms with Crippen LogP contribution in [0.3, 0.4) is 0 Å². The zero-order valence-corrected chi connectivity index (χ0v) is 16.1. The standard InChI is InChI=1S/C19H19F3N4OS/c1-3-23-18(28)24-14-7-8-16-15(10-14)17(27)25(2)26(16)11-12-5-4-6-13(9-12)19(20,21)22/h4-10H,3,11H2,1-2H3,(H2,23,24,28). The average Bonchev–Trinajstić information content (AvgIpc) is 2.86. The second-order valence-corrected chi connectivity index (χ2v) is 6.71. The van der Waals surface area contributed by atoms with E-state index in [0.717, 1.165) is 12.1 Å². The fourth-order valence-corrected chi connectivity index (χ4v) is 3.26. The lowest BCUT2D eigenvalue weighted by Crippen LogP contribution is -2.27. The molecule has 28 heavy (non-hydrogen) atoms. The van der Waals surface area contributed by atoms with Crippen molar-refractivity contribution in [1.82, 2.24) is 14.7 Å². The third-order valence-corrected chi connectivity index (χ3v) is 4.59. The molecule has 0 aliphatic heterocycles. The Hall–Kier alpha value is -2.81. The van der Waals surface area contributed by atoms with Crippen molar-refractivity contribution in [1.29, 1.82) is 0 Å². The molecule has 0 spiro atoms. The van der Waals surface area contributed by atoms with Gasteiger partial charge in [0.1, 0.15) is 0 Å². The van der Waals surface area contributed by atoms with Crippen molar-refractivity contribution in [2.24, 2.45) is 7.05 Å². The van der Waals surface area contributed by atoms with E-state index in [1.165, 1.54) is 10.7 Å². The number of nitrogens with zero attached hydrogens (tertiary/aromatic N) is 2. The van der Waals surface area contributed by atoms with Gasteiger partial charge in [-0.2, -0.15) is 13.2 Å². The van der Waals surface area contributed by atoms with Crippen molar-refractivity contribution < 1.29 is 13.2 Å². The van der Waals surface area contributed by atoms with Gasteiger partial charge in [-0.25, -0.2) is 0 Å². The maximum Gasteiger partial charge on any atom is 0.416 e. The van der Waals surface area contributed by atoms with Gasteiger partial charge in [-0.1, -0.05) is 12.1 Å². The summed E-state index contributed by atoms with van der Waals surface area (Å²) in [5, 5.41) is 6.87. The number of halogens is 3. The van der Waals surface area contributed by atoms with E-state index >= 15 is 0 Å². The first-order valence-corrected chi connectivity index (χ1v) is 9.02. The molecule has 2 N–H and O–H groups in total. The molecule has 1 heterocycles. The van der Waals surface area contributed by atoms with Crippen molar-refractivity contribution >= 4 is 33.9 Å². The number of nitrogens with one attached hydrogen (secondary N) is 2. The number of aromatic nitrogens is 2. The summed E-state index contributed by atoms with van der Waals surface area (Å²) in [6, 6.07) is 10.3. The maximum atomic E-state index is 13.0. The molecule has 0 amide bonds. The van der Waals surface area contributed by atoms with Gasteiger partial charge < -0.3 is 10.6 Å². The summed E-state index contributed by atoms with van der Waals surface area (Å²) in [6.07, 6.45) is -4.41. The largest absolute Gasteiger partial charge is 0.416 e. The van der Waals surface area contributed by atoms with E-state index in [4.69, 9.17) is 12.2 Å². The number of alkyl halides is 3. The Morgan fingerprint density at radius 1 is 1.18 bits per heavy atom. The van der Waals surface area contributed by atoms with Gasteiger partial charge in [-0.15, -0.1) is 0 Å². The second kappa shape index (κ2) is 7.67. The van der Waals surface area contributed by atoms with Crippen LogP contribution in [0.5, 0.6) is 0 Å². The van der Waals surface area contributed by atoms with Crippen LogP contribution in [0.1, 0.15) is 18.1 Å². The summed E-state index contributed by atoms with van der Waals surface area (Å²) in [6.45, 7) is 2.73. The quantitative estimate of drug-likeness (QED) is 0.647. The number of rotatable bonds is 4. The third-order valence-electron chi connectivity index (χ3n) is 4.34. The summed E-state index contributed by atoms with van der Waals surface area (Å²) < 4.78 is 41.9. The minimum Gasteiger partial charge on any atom is -0.363 e.